The summed E-state index contributed by atoms with van der Waals surface area (Å²) in [7, 11) is 0. The molecular weight excluding hydrogens is 196 g/mol. The number of β-amino-alcohol motifs (C(OH)–C–C–N with tert-alkyl or cyclic N) is 1. The maximum absolute atomic E-state index is 10.8. The molecule has 1 aromatic rings. The summed E-state index contributed by atoms with van der Waals surface area (Å²) >= 11 is 0. The van der Waals surface area contributed by atoms with Crippen LogP contribution in [0.5, 0.6) is 0 Å². The molecule has 0 spiro atoms. The molecule has 84 valence electrons. The normalized spacial score (nSPS) is 28.1. The lowest BCUT2D eigenvalue weighted by molar-refractivity contribution is 0.0249. The van der Waals surface area contributed by atoms with Crippen LogP contribution in [0.3, 0.4) is 0 Å². The molecule has 6 nitrogen and oxygen atoms in total. The Bertz CT molecular complexity index is 372. The van der Waals surface area contributed by atoms with Crippen molar-refractivity contribution in [3.05, 3.63) is 16.3 Å². The van der Waals surface area contributed by atoms with Gasteiger partial charge in [-0.2, -0.15) is 5.10 Å². The minimum atomic E-state index is -0.282. The van der Waals surface area contributed by atoms with Crippen LogP contribution in [0.15, 0.2) is 4.79 Å². The number of H-pyrrole nitrogens is 2. The quantitative estimate of drug-likeness (QED) is 0.605. The van der Waals surface area contributed by atoms with Crippen LogP contribution in [0, 0.1) is 5.92 Å². The third-order valence-electron chi connectivity index (χ3n) is 2.93. The Morgan fingerprint density at radius 1 is 1.67 bits per heavy atom. The topological polar surface area (TPSA) is 85.0 Å². The van der Waals surface area contributed by atoms with E-state index in [0.717, 1.165) is 13.0 Å². The van der Waals surface area contributed by atoms with Crippen molar-refractivity contribution in [3.8, 4) is 0 Å². The SMILES string of the molecule is CC1CCN(Cc2n[nH]c(=O)[nH]2)CC1O. The molecule has 2 atom stereocenters. The van der Waals surface area contributed by atoms with E-state index in [0.29, 0.717) is 24.8 Å². The molecule has 0 radical (unpaired) electrons. The van der Waals surface area contributed by atoms with Crippen molar-refractivity contribution >= 4 is 0 Å². The van der Waals surface area contributed by atoms with Crippen molar-refractivity contribution in [3.63, 3.8) is 0 Å². The van der Waals surface area contributed by atoms with Gasteiger partial charge < -0.3 is 5.11 Å². The number of aliphatic hydroxyl groups excluding tert-OH is 1. The van der Waals surface area contributed by atoms with Crippen molar-refractivity contribution in [1.29, 1.82) is 0 Å². The average molecular weight is 212 g/mol. The molecule has 0 saturated carbocycles. The third-order valence-corrected chi connectivity index (χ3v) is 2.93. The molecule has 0 aliphatic carbocycles. The molecule has 0 amide bonds. The fourth-order valence-corrected chi connectivity index (χ4v) is 1.85. The van der Waals surface area contributed by atoms with Crippen LogP contribution < -0.4 is 5.69 Å². The molecule has 1 saturated heterocycles. The number of piperidine rings is 1. The highest BCUT2D eigenvalue weighted by Gasteiger charge is 2.24. The molecule has 15 heavy (non-hydrogen) atoms. The smallest absolute Gasteiger partial charge is 0.340 e. The van der Waals surface area contributed by atoms with Crippen molar-refractivity contribution < 1.29 is 5.11 Å². The van der Waals surface area contributed by atoms with Crippen LogP contribution in [0.2, 0.25) is 0 Å². The zero-order chi connectivity index (χ0) is 10.8. The molecule has 2 unspecified atom stereocenters. The van der Waals surface area contributed by atoms with E-state index >= 15 is 0 Å². The summed E-state index contributed by atoms with van der Waals surface area (Å²) < 4.78 is 0. The van der Waals surface area contributed by atoms with Crippen LogP contribution in [0.1, 0.15) is 19.2 Å². The third kappa shape index (κ3) is 2.45. The number of aromatic amines is 2. The van der Waals surface area contributed by atoms with E-state index < -0.39 is 0 Å². The van der Waals surface area contributed by atoms with E-state index in [4.69, 9.17) is 0 Å². The van der Waals surface area contributed by atoms with E-state index in [2.05, 4.69) is 27.0 Å². The Labute approximate surface area is 87.3 Å². The Balaban J connectivity index is 1.93. The van der Waals surface area contributed by atoms with Crippen molar-refractivity contribution in [1.82, 2.24) is 20.1 Å². The van der Waals surface area contributed by atoms with E-state index in [1.807, 2.05) is 0 Å². The van der Waals surface area contributed by atoms with Crippen LogP contribution in [0.4, 0.5) is 0 Å². The lowest BCUT2D eigenvalue weighted by atomic mass is 9.96. The molecule has 2 rings (SSSR count). The first kappa shape index (κ1) is 10.4. The lowest BCUT2D eigenvalue weighted by Crippen LogP contribution is -2.42. The number of aliphatic hydroxyl groups is 1. The molecule has 3 N–H and O–H groups in total. The first-order chi connectivity index (χ1) is 7.15. The largest absolute Gasteiger partial charge is 0.392 e. The highest BCUT2D eigenvalue weighted by Crippen LogP contribution is 2.17. The average Bonchev–Trinajstić information content (AvgIpc) is 2.58. The summed E-state index contributed by atoms with van der Waals surface area (Å²) in [5.74, 6) is 0.987. The van der Waals surface area contributed by atoms with E-state index in [1.165, 1.54) is 0 Å². The fraction of sp³-hybridized carbons (Fsp3) is 0.778. The van der Waals surface area contributed by atoms with Gasteiger partial charge in [0.15, 0.2) is 0 Å². The minimum absolute atomic E-state index is 0.274. The van der Waals surface area contributed by atoms with Gasteiger partial charge >= 0.3 is 5.69 Å². The summed E-state index contributed by atoms with van der Waals surface area (Å²) in [5.41, 5.74) is -0.282. The van der Waals surface area contributed by atoms with E-state index in [1.54, 1.807) is 0 Å². The molecule has 1 fully saturated rings. The zero-order valence-corrected chi connectivity index (χ0v) is 8.73. The fourth-order valence-electron chi connectivity index (χ4n) is 1.85. The van der Waals surface area contributed by atoms with E-state index in [-0.39, 0.29) is 11.8 Å². The van der Waals surface area contributed by atoms with Gasteiger partial charge in [-0.15, -0.1) is 0 Å². The number of likely N-dealkylation sites (tertiary alicyclic amines) is 1. The van der Waals surface area contributed by atoms with Gasteiger partial charge in [-0.25, -0.2) is 9.89 Å². The van der Waals surface area contributed by atoms with Crippen molar-refractivity contribution in [2.45, 2.75) is 26.0 Å². The number of hydrogen-bond acceptors (Lipinski definition) is 4. The maximum Gasteiger partial charge on any atom is 0.340 e. The second kappa shape index (κ2) is 4.16. The lowest BCUT2D eigenvalue weighted by Gasteiger charge is -2.33. The second-order valence-electron chi connectivity index (χ2n) is 4.19. The van der Waals surface area contributed by atoms with Crippen LogP contribution in [-0.2, 0) is 6.54 Å². The number of rotatable bonds is 2. The monoisotopic (exact) mass is 212 g/mol. The Morgan fingerprint density at radius 3 is 3.07 bits per heavy atom. The molecule has 1 aromatic heterocycles. The molecule has 0 aromatic carbocycles. The number of nitrogens with zero attached hydrogens (tertiary/aromatic N) is 2. The molecule has 0 bridgehead atoms. The number of nitrogens with one attached hydrogen (secondary N) is 2. The van der Waals surface area contributed by atoms with Gasteiger partial charge in [0, 0.05) is 6.54 Å². The summed E-state index contributed by atoms with van der Waals surface area (Å²) in [6.45, 7) is 4.23. The summed E-state index contributed by atoms with van der Waals surface area (Å²) in [5, 5.41) is 15.9. The van der Waals surface area contributed by atoms with Gasteiger partial charge in [0.25, 0.3) is 0 Å². The van der Waals surface area contributed by atoms with E-state index in [9.17, 15) is 9.90 Å². The second-order valence-corrected chi connectivity index (χ2v) is 4.19. The highest BCUT2D eigenvalue weighted by atomic mass is 16.3. The summed E-state index contributed by atoms with van der Waals surface area (Å²) in [4.78, 5) is 15.5. The predicted molar refractivity (Wildman–Crippen MR) is 54.3 cm³/mol. The number of hydrogen-bond donors (Lipinski definition) is 3. The summed E-state index contributed by atoms with van der Waals surface area (Å²) in [6, 6.07) is 0. The molecular formula is C9H16N4O2. The number of aromatic nitrogens is 3. The minimum Gasteiger partial charge on any atom is -0.392 e. The first-order valence-corrected chi connectivity index (χ1v) is 5.19. The molecule has 2 heterocycles. The Kier molecular flexibility index (Phi) is 2.88. The van der Waals surface area contributed by atoms with Crippen LogP contribution >= 0.6 is 0 Å². The Hall–Kier alpha value is -1.14. The maximum atomic E-state index is 10.8. The molecule has 6 heteroatoms. The first-order valence-electron chi connectivity index (χ1n) is 5.19. The van der Waals surface area contributed by atoms with Gasteiger partial charge in [-0.05, 0) is 18.9 Å². The van der Waals surface area contributed by atoms with Crippen LogP contribution in [-0.4, -0.2) is 44.4 Å². The van der Waals surface area contributed by atoms with Gasteiger partial charge in [0.1, 0.15) is 5.82 Å². The van der Waals surface area contributed by atoms with Crippen molar-refractivity contribution in [2.75, 3.05) is 13.1 Å². The van der Waals surface area contributed by atoms with Gasteiger partial charge in [0.2, 0.25) is 0 Å². The molecule has 1 aliphatic heterocycles. The van der Waals surface area contributed by atoms with Crippen LogP contribution in [0.25, 0.3) is 0 Å². The molecule has 1 aliphatic rings. The van der Waals surface area contributed by atoms with Gasteiger partial charge in [-0.3, -0.25) is 9.88 Å². The predicted octanol–water partition coefficient (Wildman–Crippen LogP) is -0.699. The van der Waals surface area contributed by atoms with Gasteiger partial charge in [0.05, 0.1) is 12.6 Å². The zero-order valence-electron chi connectivity index (χ0n) is 8.73. The Morgan fingerprint density at radius 2 is 2.47 bits per heavy atom. The highest BCUT2D eigenvalue weighted by molar-refractivity contribution is 4.84. The summed E-state index contributed by atoms with van der Waals surface area (Å²) in [6.07, 6.45) is 0.708. The standard InChI is InChI=1S/C9H16N4O2/c1-6-2-3-13(4-7(6)14)5-8-10-9(15)12-11-8/h6-7,14H,2-5H2,1H3,(H2,10,11,12,15). The van der Waals surface area contributed by atoms with Crippen molar-refractivity contribution in [2.24, 2.45) is 5.92 Å². The van der Waals surface area contributed by atoms with Gasteiger partial charge in [-0.1, -0.05) is 6.92 Å².